The van der Waals surface area contributed by atoms with Crippen molar-refractivity contribution in [3.8, 4) is 28.2 Å². The van der Waals surface area contributed by atoms with E-state index in [9.17, 15) is 0 Å². The van der Waals surface area contributed by atoms with E-state index < -0.39 is 0 Å². The Balaban J connectivity index is 1.00. The molecular weight excluding hydrogens is 795 g/mol. The van der Waals surface area contributed by atoms with E-state index in [1.165, 1.54) is 54.4 Å². The minimum atomic E-state index is 0.864. The fourth-order valence-corrected chi connectivity index (χ4v) is 11.1. The molecule has 0 aliphatic carbocycles. The van der Waals surface area contributed by atoms with Crippen LogP contribution in [0.15, 0.2) is 221 Å². The van der Waals surface area contributed by atoms with Gasteiger partial charge in [-0.25, -0.2) is 0 Å². The van der Waals surface area contributed by atoms with E-state index in [2.05, 4.69) is 214 Å². The lowest BCUT2D eigenvalue weighted by Gasteiger charge is -2.11. The van der Waals surface area contributed by atoms with Crippen molar-refractivity contribution in [1.82, 2.24) is 13.7 Å². The number of para-hydroxylation sites is 5. The standard InChI is InChI=1S/C60H35N3O2/c1-3-13-38(14-4-1)61-49-20-10-7-18-44(49)57-51(61)28-26-42-43-27-29-52-58(60(43)63(59(42)57)39-15-5-2-6-16-39)45-19-8-11-21-50(45)62(52)40-25-32-56-48(35-40)47-34-37(24-31-55(47)65-56)36-23-30-54-46(33-36)41-17-9-12-22-53(41)64-54/h1-35H. The summed E-state index contributed by atoms with van der Waals surface area (Å²) in [5, 5.41) is 11.8. The van der Waals surface area contributed by atoms with Crippen molar-refractivity contribution in [3.05, 3.63) is 212 Å². The average molecular weight is 830 g/mol. The highest BCUT2D eigenvalue weighted by Gasteiger charge is 2.25. The molecule has 15 rings (SSSR count). The van der Waals surface area contributed by atoms with Crippen molar-refractivity contribution in [2.45, 2.75) is 0 Å². The maximum absolute atomic E-state index is 6.53. The van der Waals surface area contributed by atoms with Crippen molar-refractivity contribution in [2.24, 2.45) is 0 Å². The van der Waals surface area contributed by atoms with Crippen LogP contribution in [0.5, 0.6) is 0 Å². The summed E-state index contributed by atoms with van der Waals surface area (Å²) < 4.78 is 20.1. The third kappa shape index (κ3) is 4.76. The van der Waals surface area contributed by atoms with Crippen LogP contribution < -0.4 is 0 Å². The van der Waals surface area contributed by atoms with Crippen molar-refractivity contribution >= 4 is 109 Å². The van der Waals surface area contributed by atoms with Gasteiger partial charge in [-0.2, -0.15) is 0 Å². The molecule has 0 bridgehead atoms. The van der Waals surface area contributed by atoms with Gasteiger partial charge in [0, 0.05) is 70.9 Å². The maximum Gasteiger partial charge on any atom is 0.135 e. The quantitative estimate of drug-likeness (QED) is 0.177. The molecule has 0 aliphatic heterocycles. The van der Waals surface area contributed by atoms with E-state index in [0.29, 0.717) is 0 Å². The Hall–Kier alpha value is -8.80. The van der Waals surface area contributed by atoms with Crippen LogP contribution in [-0.4, -0.2) is 13.7 Å². The van der Waals surface area contributed by atoms with Crippen LogP contribution in [-0.2, 0) is 0 Å². The Kier molecular flexibility index (Phi) is 6.89. The molecule has 0 spiro atoms. The predicted molar refractivity (Wildman–Crippen MR) is 269 cm³/mol. The van der Waals surface area contributed by atoms with Crippen LogP contribution >= 0.6 is 0 Å². The van der Waals surface area contributed by atoms with Gasteiger partial charge in [0.1, 0.15) is 22.3 Å². The molecule has 0 radical (unpaired) electrons. The van der Waals surface area contributed by atoms with Gasteiger partial charge < -0.3 is 22.5 Å². The number of aromatic nitrogens is 3. The minimum absolute atomic E-state index is 0.864. The molecule has 0 saturated carbocycles. The lowest BCUT2D eigenvalue weighted by molar-refractivity contribution is 0.668. The summed E-state index contributed by atoms with van der Waals surface area (Å²) in [7, 11) is 0. The van der Waals surface area contributed by atoms with Crippen LogP contribution in [0, 0.1) is 0 Å². The molecule has 5 nitrogen and oxygen atoms in total. The van der Waals surface area contributed by atoms with E-state index >= 15 is 0 Å². The van der Waals surface area contributed by atoms with Gasteiger partial charge in [-0.1, -0.05) is 115 Å². The first-order valence-corrected chi connectivity index (χ1v) is 22.2. The van der Waals surface area contributed by atoms with Crippen molar-refractivity contribution in [3.63, 3.8) is 0 Å². The second kappa shape index (κ2) is 12.9. The van der Waals surface area contributed by atoms with Crippen LogP contribution in [0.1, 0.15) is 0 Å². The molecule has 5 heteroatoms. The van der Waals surface area contributed by atoms with E-state index in [4.69, 9.17) is 8.83 Å². The van der Waals surface area contributed by atoms with Gasteiger partial charge in [0.05, 0.1) is 33.1 Å². The molecule has 0 atom stereocenters. The van der Waals surface area contributed by atoms with E-state index in [-0.39, 0.29) is 0 Å². The molecule has 302 valence electrons. The van der Waals surface area contributed by atoms with Gasteiger partial charge in [0.25, 0.3) is 0 Å². The molecule has 15 aromatic rings. The monoisotopic (exact) mass is 829 g/mol. The van der Waals surface area contributed by atoms with Crippen LogP contribution in [0.2, 0.25) is 0 Å². The third-order valence-corrected chi connectivity index (χ3v) is 13.8. The molecule has 5 aromatic heterocycles. The number of benzene rings is 10. The highest BCUT2D eigenvalue weighted by molar-refractivity contribution is 6.31. The van der Waals surface area contributed by atoms with Crippen molar-refractivity contribution in [1.29, 1.82) is 0 Å². The van der Waals surface area contributed by atoms with Crippen LogP contribution in [0.25, 0.3) is 137 Å². The summed E-state index contributed by atoms with van der Waals surface area (Å²) in [6.07, 6.45) is 0. The lowest BCUT2D eigenvalue weighted by Crippen LogP contribution is -1.96. The first kappa shape index (κ1) is 34.7. The fraction of sp³-hybridized carbons (Fsp3) is 0. The van der Waals surface area contributed by atoms with Gasteiger partial charge >= 0.3 is 0 Å². The summed E-state index contributed by atoms with van der Waals surface area (Å²) in [6.45, 7) is 0. The number of hydrogen-bond acceptors (Lipinski definition) is 2. The van der Waals surface area contributed by atoms with Gasteiger partial charge in [0.15, 0.2) is 0 Å². The maximum atomic E-state index is 6.53. The molecule has 0 N–H and O–H groups in total. The largest absolute Gasteiger partial charge is 0.456 e. The highest BCUT2D eigenvalue weighted by Crippen LogP contribution is 2.47. The Morgan fingerprint density at radius 2 is 0.677 bits per heavy atom. The smallest absolute Gasteiger partial charge is 0.135 e. The SMILES string of the molecule is c1ccc(-n2c3ccccc3c3c2ccc2c4ccc5c(c6ccccc6n5-c5ccc6oc7ccc(-c8ccc9oc%10ccccc%10c9c8)cc7c6c5)c4n(-c4ccccc4)c23)cc1. The Morgan fingerprint density at radius 3 is 1.26 bits per heavy atom. The van der Waals surface area contributed by atoms with Crippen molar-refractivity contribution in [2.75, 3.05) is 0 Å². The molecule has 5 heterocycles. The highest BCUT2D eigenvalue weighted by atomic mass is 16.3. The Morgan fingerprint density at radius 1 is 0.246 bits per heavy atom. The fourth-order valence-electron chi connectivity index (χ4n) is 11.1. The normalized spacial score (nSPS) is 12.3. The van der Waals surface area contributed by atoms with Gasteiger partial charge in [-0.15, -0.1) is 0 Å². The number of rotatable bonds is 4. The number of furan rings is 2. The summed E-state index contributed by atoms with van der Waals surface area (Å²) in [5.41, 5.74) is 16.2. The van der Waals surface area contributed by atoms with Crippen molar-refractivity contribution < 1.29 is 8.83 Å². The molecule has 0 amide bonds. The molecule has 0 fully saturated rings. The van der Waals surface area contributed by atoms with E-state index in [1.54, 1.807) is 0 Å². The topological polar surface area (TPSA) is 41.1 Å². The summed E-state index contributed by atoms with van der Waals surface area (Å²) in [5.74, 6) is 0. The number of fused-ring (bicyclic) bond motifs is 17. The zero-order valence-electron chi connectivity index (χ0n) is 34.9. The summed E-state index contributed by atoms with van der Waals surface area (Å²) in [4.78, 5) is 0. The molecule has 0 saturated heterocycles. The zero-order valence-corrected chi connectivity index (χ0v) is 34.9. The second-order valence-electron chi connectivity index (χ2n) is 17.2. The molecule has 10 aromatic carbocycles. The lowest BCUT2D eigenvalue weighted by atomic mass is 10.0. The average Bonchev–Trinajstić information content (AvgIpc) is 4.17. The van der Waals surface area contributed by atoms with E-state index in [1.807, 2.05) is 12.1 Å². The Bertz CT molecular complexity index is 4460. The molecular formula is C60H35N3O2. The predicted octanol–water partition coefficient (Wildman–Crippen LogP) is 16.4. The second-order valence-corrected chi connectivity index (χ2v) is 17.2. The Labute approximate surface area is 370 Å². The number of nitrogens with zero attached hydrogens (tertiary/aromatic N) is 3. The first-order valence-electron chi connectivity index (χ1n) is 22.2. The van der Waals surface area contributed by atoms with Gasteiger partial charge in [-0.05, 0) is 108 Å². The summed E-state index contributed by atoms with van der Waals surface area (Å²) in [6, 6.07) is 76.6. The molecule has 0 unspecified atom stereocenters. The third-order valence-electron chi connectivity index (χ3n) is 13.8. The van der Waals surface area contributed by atoms with Gasteiger partial charge in [-0.3, -0.25) is 0 Å². The van der Waals surface area contributed by atoms with Crippen LogP contribution in [0.3, 0.4) is 0 Å². The first-order chi connectivity index (χ1) is 32.2. The molecule has 0 aliphatic rings. The number of hydrogen-bond donors (Lipinski definition) is 0. The zero-order chi connectivity index (χ0) is 42.3. The van der Waals surface area contributed by atoms with Gasteiger partial charge in [0.2, 0.25) is 0 Å². The van der Waals surface area contributed by atoms with Crippen LogP contribution in [0.4, 0.5) is 0 Å². The van der Waals surface area contributed by atoms with E-state index in [0.717, 1.165) is 83.1 Å². The minimum Gasteiger partial charge on any atom is -0.456 e. The molecule has 65 heavy (non-hydrogen) atoms. The summed E-state index contributed by atoms with van der Waals surface area (Å²) >= 11 is 0.